The van der Waals surface area contributed by atoms with Gasteiger partial charge in [-0.05, 0) is 38.0 Å². The number of para-hydroxylation sites is 2. The summed E-state index contributed by atoms with van der Waals surface area (Å²) in [6.45, 7) is 3.89. The summed E-state index contributed by atoms with van der Waals surface area (Å²) < 4.78 is 3.35. The fraction of sp³-hybridized carbons (Fsp3) is 0.235. The number of imidazole rings is 1. The summed E-state index contributed by atoms with van der Waals surface area (Å²) in [6, 6.07) is 7.65. The number of carbonyl (C=O) groups excluding carboxylic acids is 1. The lowest BCUT2D eigenvalue weighted by molar-refractivity contribution is -0.117. The Bertz CT molecular complexity index is 1080. The lowest BCUT2D eigenvalue weighted by Gasteiger charge is -2.11. The molecule has 4 rings (SSSR count). The van der Waals surface area contributed by atoms with Crippen molar-refractivity contribution in [2.24, 2.45) is 0 Å². The van der Waals surface area contributed by atoms with Gasteiger partial charge in [0.15, 0.2) is 0 Å². The van der Waals surface area contributed by atoms with Crippen molar-refractivity contribution in [2.75, 3.05) is 5.43 Å². The van der Waals surface area contributed by atoms with Crippen molar-refractivity contribution in [3.63, 3.8) is 0 Å². The molecule has 8 nitrogen and oxygen atoms in total. The number of hydrogen-bond acceptors (Lipinski definition) is 5. The van der Waals surface area contributed by atoms with Gasteiger partial charge in [-0.25, -0.2) is 19.2 Å². The standard InChI is InChI=1S/C17H17N7O/c1-11-13(12(2)24-17(21-11)18-9-20-24)7-8-16(25)22-23-10-19-14-5-3-4-6-15(14)23/h3-6,9-10H,7-8H2,1-2H3,(H,22,25). The summed E-state index contributed by atoms with van der Waals surface area (Å²) in [5.41, 5.74) is 7.43. The van der Waals surface area contributed by atoms with E-state index in [1.807, 2.05) is 38.1 Å². The van der Waals surface area contributed by atoms with E-state index in [1.165, 1.54) is 6.33 Å². The summed E-state index contributed by atoms with van der Waals surface area (Å²) in [4.78, 5) is 25.2. The molecule has 0 aliphatic rings. The molecule has 3 heterocycles. The Labute approximate surface area is 143 Å². The van der Waals surface area contributed by atoms with Crippen molar-refractivity contribution in [3.8, 4) is 0 Å². The minimum absolute atomic E-state index is 0.0827. The molecule has 0 unspecified atom stereocenters. The van der Waals surface area contributed by atoms with Gasteiger partial charge in [-0.3, -0.25) is 10.2 Å². The van der Waals surface area contributed by atoms with Crippen LogP contribution in [0.3, 0.4) is 0 Å². The number of rotatable bonds is 4. The van der Waals surface area contributed by atoms with Crippen LogP contribution in [0.25, 0.3) is 16.8 Å². The Morgan fingerprint density at radius 3 is 2.92 bits per heavy atom. The summed E-state index contributed by atoms with van der Waals surface area (Å²) in [5.74, 6) is 0.494. The van der Waals surface area contributed by atoms with E-state index in [4.69, 9.17) is 0 Å². The van der Waals surface area contributed by atoms with Crippen LogP contribution in [0.1, 0.15) is 23.4 Å². The number of carbonyl (C=O) groups is 1. The molecule has 1 N–H and O–H groups in total. The largest absolute Gasteiger partial charge is 0.273 e. The third-order valence-electron chi connectivity index (χ3n) is 4.29. The number of nitrogens with one attached hydrogen (secondary N) is 1. The van der Waals surface area contributed by atoms with Gasteiger partial charge in [0.1, 0.15) is 12.7 Å². The molecule has 4 aromatic rings. The highest BCUT2D eigenvalue weighted by Gasteiger charge is 2.13. The van der Waals surface area contributed by atoms with E-state index in [-0.39, 0.29) is 5.91 Å². The molecule has 126 valence electrons. The van der Waals surface area contributed by atoms with E-state index >= 15 is 0 Å². The molecular formula is C17H17N7O. The van der Waals surface area contributed by atoms with Crippen LogP contribution in [0.5, 0.6) is 0 Å². The highest BCUT2D eigenvalue weighted by atomic mass is 16.2. The summed E-state index contributed by atoms with van der Waals surface area (Å²) >= 11 is 0. The van der Waals surface area contributed by atoms with Gasteiger partial charge in [-0.1, -0.05) is 12.1 Å². The number of hydrogen-bond donors (Lipinski definition) is 1. The monoisotopic (exact) mass is 335 g/mol. The van der Waals surface area contributed by atoms with Crippen LogP contribution in [0.2, 0.25) is 0 Å². The smallest absolute Gasteiger partial charge is 0.252 e. The van der Waals surface area contributed by atoms with Crippen LogP contribution in [0.15, 0.2) is 36.9 Å². The second-order valence-corrected chi connectivity index (χ2v) is 5.87. The molecule has 0 saturated heterocycles. The molecule has 8 heteroatoms. The molecule has 0 radical (unpaired) electrons. The van der Waals surface area contributed by atoms with Gasteiger partial charge in [0.25, 0.3) is 5.78 Å². The Balaban J connectivity index is 1.50. The lowest BCUT2D eigenvalue weighted by Crippen LogP contribution is -2.22. The Kier molecular flexibility index (Phi) is 3.64. The van der Waals surface area contributed by atoms with Crippen LogP contribution in [0.4, 0.5) is 0 Å². The first-order valence-corrected chi connectivity index (χ1v) is 8.01. The van der Waals surface area contributed by atoms with E-state index in [0.717, 1.165) is 28.0 Å². The fourth-order valence-corrected chi connectivity index (χ4v) is 2.99. The number of nitrogens with zero attached hydrogens (tertiary/aromatic N) is 6. The summed E-state index contributed by atoms with van der Waals surface area (Å²) in [7, 11) is 0. The van der Waals surface area contributed by atoms with Gasteiger partial charge in [0.05, 0.1) is 11.0 Å². The van der Waals surface area contributed by atoms with Gasteiger partial charge in [-0.2, -0.15) is 10.1 Å². The van der Waals surface area contributed by atoms with E-state index in [0.29, 0.717) is 18.6 Å². The van der Waals surface area contributed by atoms with Gasteiger partial charge in [0.2, 0.25) is 5.91 Å². The fourth-order valence-electron chi connectivity index (χ4n) is 2.99. The van der Waals surface area contributed by atoms with Crippen molar-refractivity contribution in [3.05, 3.63) is 53.9 Å². The molecule has 3 aromatic heterocycles. The molecule has 0 atom stereocenters. The van der Waals surface area contributed by atoms with Gasteiger partial charge >= 0.3 is 0 Å². The predicted molar refractivity (Wildman–Crippen MR) is 92.7 cm³/mol. The molecule has 0 saturated carbocycles. The minimum atomic E-state index is -0.0827. The van der Waals surface area contributed by atoms with E-state index in [9.17, 15) is 4.79 Å². The van der Waals surface area contributed by atoms with Crippen LogP contribution < -0.4 is 5.43 Å². The molecular weight excluding hydrogens is 318 g/mol. The first-order chi connectivity index (χ1) is 12.1. The Morgan fingerprint density at radius 2 is 2.04 bits per heavy atom. The van der Waals surface area contributed by atoms with Crippen molar-refractivity contribution in [1.29, 1.82) is 0 Å². The zero-order valence-corrected chi connectivity index (χ0v) is 14.0. The molecule has 25 heavy (non-hydrogen) atoms. The quantitative estimate of drug-likeness (QED) is 0.614. The molecule has 1 aromatic carbocycles. The van der Waals surface area contributed by atoms with Gasteiger partial charge in [-0.15, -0.1) is 0 Å². The molecule has 0 aliphatic heterocycles. The van der Waals surface area contributed by atoms with Crippen molar-refractivity contribution in [1.82, 2.24) is 29.2 Å². The van der Waals surface area contributed by atoms with E-state index < -0.39 is 0 Å². The van der Waals surface area contributed by atoms with Crippen LogP contribution >= 0.6 is 0 Å². The number of amides is 1. The molecule has 0 aliphatic carbocycles. The Morgan fingerprint density at radius 1 is 1.20 bits per heavy atom. The van der Waals surface area contributed by atoms with Gasteiger partial charge in [0, 0.05) is 17.8 Å². The molecule has 1 amide bonds. The number of fused-ring (bicyclic) bond motifs is 2. The average molecular weight is 335 g/mol. The number of aryl methyl sites for hydroxylation is 2. The SMILES string of the molecule is Cc1nc2ncnn2c(C)c1CCC(=O)Nn1cnc2ccccc21. The molecule has 0 spiro atoms. The molecule has 0 bridgehead atoms. The zero-order chi connectivity index (χ0) is 17.4. The normalized spacial score (nSPS) is 11.3. The Hall–Kier alpha value is -3.29. The van der Waals surface area contributed by atoms with Crippen LogP contribution in [-0.4, -0.2) is 35.1 Å². The van der Waals surface area contributed by atoms with E-state index in [1.54, 1.807) is 15.5 Å². The second-order valence-electron chi connectivity index (χ2n) is 5.87. The maximum absolute atomic E-state index is 12.3. The van der Waals surface area contributed by atoms with Crippen molar-refractivity contribution in [2.45, 2.75) is 26.7 Å². The second kappa shape index (κ2) is 5.97. The third-order valence-corrected chi connectivity index (χ3v) is 4.29. The third kappa shape index (κ3) is 2.71. The van der Waals surface area contributed by atoms with Crippen molar-refractivity contribution >= 4 is 22.7 Å². The first kappa shape index (κ1) is 15.3. The highest BCUT2D eigenvalue weighted by Crippen LogP contribution is 2.15. The van der Waals surface area contributed by atoms with Crippen LogP contribution in [0, 0.1) is 13.8 Å². The number of aromatic nitrogens is 6. The van der Waals surface area contributed by atoms with Crippen molar-refractivity contribution < 1.29 is 4.79 Å². The predicted octanol–water partition coefficient (Wildman–Crippen LogP) is 1.79. The van der Waals surface area contributed by atoms with E-state index in [2.05, 4.69) is 25.5 Å². The minimum Gasteiger partial charge on any atom is -0.273 e. The zero-order valence-electron chi connectivity index (χ0n) is 14.0. The highest BCUT2D eigenvalue weighted by molar-refractivity contribution is 5.86. The average Bonchev–Trinajstić information content (AvgIpc) is 3.22. The lowest BCUT2D eigenvalue weighted by atomic mass is 10.1. The maximum Gasteiger partial charge on any atom is 0.252 e. The maximum atomic E-state index is 12.3. The first-order valence-electron chi connectivity index (χ1n) is 8.01. The topological polar surface area (TPSA) is 90.0 Å². The van der Waals surface area contributed by atoms with Gasteiger partial charge < -0.3 is 0 Å². The van der Waals surface area contributed by atoms with Crippen LogP contribution in [-0.2, 0) is 11.2 Å². The number of benzene rings is 1. The summed E-state index contributed by atoms with van der Waals surface area (Å²) in [6.07, 6.45) is 4.02. The summed E-state index contributed by atoms with van der Waals surface area (Å²) in [5, 5.41) is 4.17. The molecule has 0 fully saturated rings.